The second kappa shape index (κ2) is 5.50. The van der Waals surface area contributed by atoms with E-state index in [0.29, 0.717) is 0 Å². The predicted molar refractivity (Wildman–Crippen MR) is 81.0 cm³/mol. The van der Waals surface area contributed by atoms with Crippen LogP contribution in [0.2, 0.25) is 0 Å². The van der Waals surface area contributed by atoms with Crippen LogP contribution in [0.25, 0.3) is 0 Å². The summed E-state index contributed by atoms with van der Waals surface area (Å²) >= 11 is 0. The Morgan fingerprint density at radius 3 is 3.19 bits per heavy atom. The lowest BCUT2D eigenvalue weighted by molar-refractivity contribution is -0.112. The molecule has 0 aliphatic carbocycles. The van der Waals surface area contributed by atoms with E-state index in [-0.39, 0.29) is 11.7 Å². The molecule has 1 aromatic carbocycles. The van der Waals surface area contributed by atoms with Gasteiger partial charge in [-0.1, -0.05) is 12.1 Å². The lowest BCUT2D eigenvalue weighted by Gasteiger charge is -2.37. The number of aryl methyl sites for hydroxylation is 1. The number of hydrogen-bond donors (Lipinski definition) is 1. The average molecular weight is 289 g/mol. The van der Waals surface area contributed by atoms with Gasteiger partial charge in [0.05, 0.1) is 24.5 Å². The van der Waals surface area contributed by atoms with Crippen LogP contribution in [0.1, 0.15) is 31.2 Å². The van der Waals surface area contributed by atoms with Gasteiger partial charge in [-0.05, 0) is 24.5 Å². The standard InChI is InChI=1S/C17H23NO3/c1-3-13-4-2-8-18-16(13)15(5-1)21-14-6-9-20-17(11-14)7-10-19-12-17/h1,3,5,14,18H,2,4,6-12H2. The highest BCUT2D eigenvalue weighted by atomic mass is 16.6. The molecule has 3 aliphatic heterocycles. The summed E-state index contributed by atoms with van der Waals surface area (Å²) in [6.07, 6.45) is 5.48. The maximum atomic E-state index is 6.34. The van der Waals surface area contributed by atoms with Crippen molar-refractivity contribution >= 4 is 5.69 Å². The third kappa shape index (κ3) is 2.62. The molecule has 3 heterocycles. The van der Waals surface area contributed by atoms with Gasteiger partial charge in [-0.15, -0.1) is 0 Å². The Bertz CT molecular complexity index is 511. The molecule has 2 unspecified atom stereocenters. The second-order valence-electron chi connectivity index (χ2n) is 6.39. The van der Waals surface area contributed by atoms with Crippen molar-refractivity contribution in [3.8, 4) is 5.75 Å². The van der Waals surface area contributed by atoms with Gasteiger partial charge < -0.3 is 19.5 Å². The minimum Gasteiger partial charge on any atom is -0.488 e. The smallest absolute Gasteiger partial charge is 0.143 e. The third-order valence-corrected chi connectivity index (χ3v) is 4.85. The molecule has 0 aromatic heterocycles. The molecule has 114 valence electrons. The van der Waals surface area contributed by atoms with Crippen molar-refractivity contribution in [1.29, 1.82) is 0 Å². The molecule has 4 nitrogen and oxygen atoms in total. The zero-order chi connectivity index (χ0) is 14.1. The predicted octanol–water partition coefficient (Wildman–Crippen LogP) is 2.76. The third-order valence-electron chi connectivity index (χ3n) is 4.85. The van der Waals surface area contributed by atoms with Crippen LogP contribution < -0.4 is 10.1 Å². The SMILES string of the molecule is c1cc2c(c(OC3CCOC4(CCOC4)C3)c1)NCCC2. The van der Waals surface area contributed by atoms with Crippen molar-refractivity contribution in [2.75, 3.05) is 31.7 Å². The van der Waals surface area contributed by atoms with Crippen molar-refractivity contribution in [1.82, 2.24) is 0 Å². The van der Waals surface area contributed by atoms with Gasteiger partial charge in [0.25, 0.3) is 0 Å². The molecule has 2 fully saturated rings. The van der Waals surface area contributed by atoms with E-state index in [1.54, 1.807) is 0 Å². The molecule has 1 aromatic rings. The van der Waals surface area contributed by atoms with Crippen molar-refractivity contribution < 1.29 is 14.2 Å². The lowest BCUT2D eigenvalue weighted by atomic mass is 9.91. The zero-order valence-corrected chi connectivity index (χ0v) is 12.4. The topological polar surface area (TPSA) is 39.7 Å². The molecule has 1 N–H and O–H groups in total. The van der Waals surface area contributed by atoms with E-state index in [4.69, 9.17) is 14.2 Å². The van der Waals surface area contributed by atoms with Crippen molar-refractivity contribution in [3.05, 3.63) is 23.8 Å². The van der Waals surface area contributed by atoms with Gasteiger partial charge in [0, 0.05) is 32.4 Å². The molecule has 0 amide bonds. The molecule has 2 saturated heterocycles. The number of anilines is 1. The lowest BCUT2D eigenvalue weighted by Crippen LogP contribution is -2.44. The zero-order valence-electron chi connectivity index (χ0n) is 12.4. The summed E-state index contributed by atoms with van der Waals surface area (Å²) < 4.78 is 17.9. The Morgan fingerprint density at radius 1 is 1.29 bits per heavy atom. The summed E-state index contributed by atoms with van der Waals surface area (Å²) in [5.41, 5.74) is 2.49. The quantitative estimate of drug-likeness (QED) is 0.909. The number of nitrogens with one attached hydrogen (secondary N) is 1. The summed E-state index contributed by atoms with van der Waals surface area (Å²) in [7, 11) is 0. The van der Waals surface area contributed by atoms with Crippen LogP contribution in [0.3, 0.4) is 0 Å². The van der Waals surface area contributed by atoms with Crippen LogP contribution in [0.5, 0.6) is 5.75 Å². The normalized spacial score (nSPS) is 31.7. The van der Waals surface area contributed by atoms with E-state index in [2.05, 4.69) is 23.5 Å². The Morgan fingerprint density at radius 2 is 2.29 bits per heavy atom. The Balaban J connectivity index is 1.51. The second-order valence-corrected chi connectivity index (χ2v) is 6.39. The first-order valence-corrected chi connectivity index (χ1v) is 8.09. The van der Waals surface area contributed by atoms with Crippen LogP contribution in [0, 0.1) is 0 Å². The van der Waals surface area contributed by atoms with E-state index in [1.807, 2.05) is 0 Å². The van der Waals surface area contributed by atoms with Crippen molar-refractivity contribution in [2.45, 2.75) is 43.8 Å². The molecule has 1 spiro atoms. The monoisotopic (exact) mass is 289 g/mol. The fraction of sp³-hybridized carbons (Fsp3) is 0.647. The fourth-order valence-corrected chi connectivity index (χ4v) is 3.70. The summed E-state index contributed by atoms with van der Waals surface area (Å²) in [5.74, 6) is 1.01. The van der Waals surface area contributed by atoms with Crippen LogP contribution in [0.4, 0.5) is 5.69 Å². The summed E-state index contributed by atoms with van der Waals surface area (Å²) in [6, 6.07) is 6.39. The van der Waals surface area contributed by atoms with E-state index in [9.17, 15) is 0 Å². The first-order chi connectivity index (χ1) is 10.3. The number of ether oxygens (including phenoxy) is 3. The highest BCUT2D eigenvalue weighted by Gasteiger charge is 2.42. The van der Waals surface area contributed by atoms with Gasteiger partial charge in [-0.2, -0.15) is 0 Å². The first-order valence-electron chi connectivity index (χ1n) is 8.09. The molecule has 21 heavy (non-hydrogen) atoms. The molecular formula is C17H23NO3. The molecule has 4 rings (SSSR count). The number of rotatable bonds is 2. The van der Waals surface area contributed by atoms with Gasteiger partial charge in [-0.25, -0.2) is 0 Å². The Labute approximate surface area is 125 Å². The number of hydrogen-bond acceptors (Lipinski definition) is 4. The van der Waals surface area contributed by atoms with Gasteiger partial charge in [-0.3, -0.25) is 0 Å². The minimum absolute atomic E-state index is 0.0921. The molecule has 0 saturated carbocycles. The highest BCUT2D eigenvalue weighted by Crippen LogP contribution is 2.37. The molecule has 2 atom stereocenters. The van der Waals surface area contributed by atoms with E-state index in [0.717, 1.165) is 57.8 Å². The van der Waals surface area contributed by atoms with Crippen LogP contribution in [-0.2, 0) is 15.9 Å². The largest absolute Gasteiger partial charge is 0.488 e. The van der Waals surface area contributed by atoms with Gasteiger partial charge in [0.1, 0.15) is 11.9 Å². The summed E-state index contributed by atoms with van der Waals surface area (Å²) in [4.78, 5) is 0. The maximum Gasteiger partial charge on any atom is 0.143 e. The van der Waals surface area contributed by atoms with E-state index < -0.39 is 0 Å². The molecule has 4 heteroatoms. The maximum absolute atomic E-state index is 6.34. The average Bonchev–Trinajstić information content (AvgIpc) is 2.95. The molecule has 3 aliphatic rings. The number of fused-ring (bicyclic) bond motifs is 1. The van der Waals surface area contributed by atoms with Crippen molar-refractivity contribution in [2.24, 2.45) is 0 Å². The first kappa shape index (κ1) is 13.4. The van der Waals surface area contributed by atoms with Crippen LogP contribution in [-0.4, -0.2) is 38.1 Å². The van der Waals surface area contributed by atoms with Gasteiger partial charge in [0.15, 0.2) is 0 Å². The van der Waals surface area contributed by atoms with Gasteiger partial charge in [0.2, 0.25) is 0 Å². The minimum atomic E-state index is -0.0921. The fourth-order valence-electron chi connectivity index (χ4n) is 3.70. The number of para-hydroxylation sites is 1. The van der Waals surface area contributed by atoms with E-state index in [1.165, 1.54) is 17.7 Å². The van der Waals surface area contributed by atoms with E-state index >= 15 is 0 Å². The molecule has 0 bridgehead atoms. The number of benzene rings is 1. The highest BCUT2D eigenvalue weighted by molar-refractivity contribution is 5.63. The molecule has 0 radical (unpaired) electrons. The summed E-state index contributed by atoms with van der Waals surface area (Å²) in [5, 5.41) is 3.50. The molecular weight excluding hydrogens is 266 g/mol. The van der Waals surface area contributed by atoms with Crippen molar-refractivity contribution in [3.63, 3.8) is 0 Å². The summed E-state index contributed by atoms with van der Waals surface area (Å²) in [6.45, 7) is 3.35. The Kier molecular flexibility index (Phi) is 3.51. The van der Waals surface area contributed by atoms with Crippen LogP contribution >= 0.6 is 0 Å². The van der Waals surface area contributed by atoms with Crippen LogP contribution in [0.15, 0.2) is 18.2 Å². The van der Waals surface area contributed by atoms with Gasteiger partial charge >= 0.3 is 0 Å². The Hall–Kier alpha value is -1.26.